The lowest BCUT2D eigenvalue weighted by Crippen LogP contribution is -2.42. The minimum atomic E-state index is -1.70. The van der Waals surface area contributed by atoms with Gasteiger partial charge in [-0.05, 0) is 12.1 Å². The van der Waals surface area contributed by atoms with Crippen molar-refractivity contribution in [3.63, 3.8) is 0 Å². The number of aliphatic hydroxyl groups is 5. The summed E-state index contributed by atoms with van der Waals surface area (Å²) in [6.45, 7) is -0.734. The average Bonchev–Trinajstić information content (AvgIpc) is 3.02. The van der Waals surface area contributed by atoms with E-state index in [9.17, 15) is 20.4 Å². The van der Waals surface area contributed by atoms with Gasteiger partial charge in [0.15, 0.2) is 0 Å². The highest BCUT2D eigenvalue weighted by atomic mass is 16.4. The highest BCUT2D eigenvalue weighted by molar-refractivity contribution is 5.28. The Bertz CT molecular complexity index is 562. The Balaban J connectivity index is 2.14. The second-order valence-corrected chi connectivity index (χ2v) is 4.57. The Morgan fingerprint density at radius 1 is 1.00 bits per heavy atom. The molecule has 4 atom stereocenters. The molecule has 0 radical (unpaired) electrons. The summed E-state index contributed by atoms with van der Waals surface area (Å²) in [7, 11) is 0. The van der Waals surface area contributed by atoms with Gasteiger partial charge in [-0.25, -0.2) is 0 Å². The standard InChI is InChI=1S/C13H17N3O5/c17-7-10(18)12(20)13(21)11(19)9-6-14-16(15-9)8-4-2-1-3-5-8/h1-6,10-13,17-21H,7H2/t10-,11-,12-,13-/m1/s1. The number of nitrogens with zero attached hydrogens (tertiary/aromatic N) is 3. The van der Waals surface area contributed by atoms with Crippen LogP contribution < -0.4 is 0 Å². The van der Waals surface area contributed by atoms with Crippen LogP contribution in [0.15, 0.2) is 36.5 Å². The van der Waals surface area contributed by atoms with Gasteiger partial charge in [0.1, 0.15) is 30.1 Å². The van der Waals surface area contributed by atoms with E-state index in [1.807, 2.05) is 6.07 Å². The summed E-state index contributed by atoms with van der Waals surface area (Å²) in [5, 5.41) is 55.2. The molecule has 2 aromatic rings. The van der Waals surface area contributed by atoms with Crippen LogP contribution in [0, 0.1) is 0 Å². The number of hydrogen-bond donors (Lipinski definition) is 5. The maximum Gasteiger partial charge on any atom is 0.128 e. The van der Waals surface area contributed by atoms with E-state index in [2.05, 4.69) is 10.2 Å². The van der Waals surface area contributed by atoms with E-state index in [-0.39, 0.29) is 5.69 Å². The van der Waals surface area contributed by atoms with Crippen LogP contribution in [0.5, 0.6) is 0 Å². The van der Waals surface area contributed by atoms with Crippen molar-refractivity contribution < 1.29 is 25.5 Å². The van der Waals surface area contributed by atoms with Gasteiger partial charge in [-0.2, -0.15) is 15.0 Å². The first-order valence-electron chi connectivity index (χ1n) is 6.35. The first kappa shape index (κ1) is 15.5. The number of aliphatic hydroxyl groups excluding tert-OH is 5. The molecule has 0 unspecified atom stereocenters. The number of para-hydroxylation sites is 1. The van der Waals surface area contributed by atoms with Gasteiger partial charge in [0.2, 0.25) is 0 Å². The molecule has 8 heteroatoms. The van der Waals surface area contributed by atoms with Gasteiger partial charge in [-0.15, -0.1) is 0 Å². The lowest BCUT2D eigenvalue weighted by Gasteiger charge is -2.24. The van der Waals surface area contributed by atoms with Crippen molar-refractivity contribution in [3.05, 3.63) is 42.2 Å². The predicted octanol–water partition coefficient (Wildman–Crippen LogP) is -1.62. The molecule has 1 heterocycles. The highest BCUT2D eigenvalue weighted by Crippen LogP contribution is 2.18. The fourth-order valence-corrected chi connectivity index (χ4v) is 1.79. The molecule has 5 N–H and O–H groups in total. The molecule has 0 saturated heterocycles. The van der Waals surface area contributed by atoms with Crippen LogP contribution >= 0.6 is 0 Å². The second-order valence-electron chi connectivity index (χ2n) is 4.57. The Hall–Kier alpha value is -1.84. The van der Waals surface area contributed by atoms with Crippen LogP contribution in [0.1, 0.15) is 11.8 Å². The van der Waals surface area contributed by atoms with Crippen molar-refractivity contribution >= 4 is 0 Å². The first-order valence-corrected chi connectivity index (χ1v) is 6.35. The van der Waals surface area contributed by atoms with E-state index in [0.29, 0.717) is 5.69 Å². The lowest BCUT2D eigenvalue weighted by atomic mass is 10.0. The van der Waals surface area contributed by atoms with Gasteiger partial charge in [-0.3, -0.25) is 0 Å². The molecule has 0 amide bonds. The van der Waals surface area contributed by atoms with Gasteiger partial charge < -0.3 is 25.5 Å². The topological polar surface area (TPSA) is 132 Å². The molecule has 0 aliphatic heterocycles. The van der Waals surface area contributed by atoms with E-state index in [4.69, 9.17) is 5.11 Å². The zero-order valence-electron chi connectivity index (χ0n) is 11.1. The fraction of sp³-hybridized carbons (Fsp3) is 0.385. The minimum Gasteiger partial charge on any atom is -0.394 e. The number of benzene rings is 1. The maximum absolute atomic E-state index is 9.95. The van der Waals surface area contributed by atoms with Gasteiger partial charge in [0.05, 0.1) is 18.5 Å². The maximum atomic E-state index is 9.95. The lowest BCUT2D eigenvalue weighted by molar-refractivity contribution is -0.117. The third-order valence-corrected chi connectivity index (χ3v) is 3.05. The Kier molecular flexibility index (Phi) is 4.99. The summed E-state index contributed by atoms with van der Waals surface area (Å²) in [6, 6.07) is 8.95. The molecule has 2 rings (SSSR count). The van der Waals surface area contributed by atoms with Gasteiger partial charge in [0.25, 0.3) is 0 Å². The van der Waals surface area contributed by atoms with Crippen molar-refractivity contribution in [3.8, 4) is 5.69 Å². The quantitative estimate of drug-likeness (QED) is 0.432. The first-order chi connectivity index (χ1) is 10.0. The Morgan fingerprint density at radius 2 is 1.67 bits per heavy atom. The van der Waals surface area contributed by atoms with E-state index in [1.54, 1.807) is 24.3 Å². The Labute approximate surface area is 120 Å². The van der Waals surface area contributed by atoms with Crippen molar-refractivity contribution in [1.82, 2.24) is 15.0 Å². The van der Waals surface area contributed by atoms with E-state index in [1.165, 1.54) is 11.0 Å². The fourth-order valence-electron chi connectivity index (χ4n) is 1.79. The molecule has 1 aromatic heterocycles. The third kappa shape index (κ3) is 3.43. The van der Waals surface area contributed by atoms with Crippen LogP contribution in [0.4, 0.5) is 0 Å². The van der Waals surface area contributed by atoms with Crippen LogP contribution in [0.3, 0.4) is 0 Å². The summed E-state index contributed by atoms with van der Waals surface area (Å²) in [4.78, 5) is 1.26. The van der Waals surface area contributed by atoms with Crippen LogP contribution in [-0.4, -0.2) is 65.4 Å². The average molecular weight is 295 g/mol. The smallest absolute Gasteiger partial charge is 0.128 e. The van der Waals surface area contributed by atoms with Gasteiger partial charge in [-0.1, -0.05) is 18.2 Å². The summed E-state index contributed by atoms with van der Waals surface area (Å²) in [5.41, 5.74) is 0.705. The van der Waals surface area contributed by atoms with Crippen molar-refractivity contribution in [2.75, 3.05) is 6.61 Å². The van der Waals surface area contributed by atoms with Gasteiger partial charge >= 0.3 is 0 Å². The van der Waals surface area contributed by atoms with Crippen LogP contribution in [0.2, 0.25) is 0 Å². The molecule has 0 aliphatic rings. The SMILES string of the molecule is OC[C@@H](O)[C@@H](O)[C@H](O)[C@H](O)c1cnn(-c2ccccc2)n1. The summed E-state index contributed by atoms with van der Waals surface area (Å²) in [5.74, 6) is 0. The molecule has 1 aromatic carbocycles. The van der Waals surface area contributed by atoms with Crippen LogP contribution in [0.25, 0.3) is 5.69 Å². The normalized spacial score (nSPS) is 17.2. The number of aromatic nitrogens is 3. The van der Waals surface area contributed by atoms with E-state index < -0.39 is 31.0 Å². The summed E-state index contributed by atoms with van der Waals surface area (Å²) in [6.07, 6.45) is -5.25. The molecule has 114 valence electrons. The molecule has 8 nitrogen and oxygen atoms in total. The molecule has 21 heavy (non-hydrogen) atoms. The highest BCUT2D eigenvalue weighted by Gasteiger charge is 2.32. The van der Waals surface area contributed by atoms with Gasteiger partial charge in [0, 0.05) is 0 Å². The Morgan fingerprint density at radius 3 is 2.29 bits per heavy atom. The predicted molar refractivity (Wildman–Crippen MR) is 71.4 cm³/mol. The number of hydrogen-bond acceptors (Lipinski definition) is 7. The summed E-state index contributed by atoms with van der Waals surface area (Å²) < 4.78 is 0. The molecule has 0 bridgehead atoms. The van der Waals surface area contributed by atoms with Crippen molar-refractivity contribution in [1.29, 1.82) is 0 Å². The number of rotatable bonds is 6. The molecule has 0 fully saturated rings. The molecule has 0 saturated carbocycles. The van der Waals surface area contributed by atoms with Crippen LogP contribution in [-0.2, 0) is 0 Å². The molecule has 0 aliphatic carbocycles. The molecular weight excluding hydrogens is 278 g/mol. The zero-order valence-corrected chi connectivity index (χ0v) is 11.1. The molecular formula is C13H17N3O5. The minimum absolute atomic E-state index is 0.0375. The largest absolute Gasteiger partial charge is 0.394 e. The zero-order chi connectivity index (χ0) is 15.4. The van der Waals surface area contributed by atoms with Crippen molar-refractivity contribution in [2.24, 2.45) is 0 Å². The monoisotopic (exact) mass is 295 g/mol. The van der Waals surface area contributed by atoms with E-state index >= 15 is 0 Å². The van der Waals surface area contributed by atoms with E-state index in [0.717, 1.165) is 0 Å². The second kappa shape index (κ2) is 6.74. The van der Waals surface area contributed by atoms with Crippen molar-refractivity contribution in [2.45, 2.75) is 24.4 Å². The summed E-state index contributed by atoms with van der Waals surface area (Å²) >= 11 is 0. The molecule has 0 spiro atoms. The third-order valence-electron chi connectivity index (χ3n) is 3.05.